The largest absolute Gasteiger partial charge is 4.00 e. The third-order valence-corrected chi connectivity index (χ3v) is 6.27. The van der Waals surface area contributed by atoms with Crippen LogP contribution in [0.4, 0.5) is 0 Å². The van der Waals surface area contributed by atoms with Gasteiger partial charge in [-0.05, 0) is 24.7 Å². The summed E-state index contributed by atoms with van der Waals surface area (Å²) in [4.78, 5) is 0. The predicted octanol–water partition coefficient (Wildman–Crippen LogP) is 0.744. The smallest absolute Gasteiger partial charge is 1.00 e. The maximum Gasteiger partial charge on any atom is 4.00 e. The van der Waals surface area contributed by atoms with Crippen molar-refractivity contribution < 1.29 is 51.0 Å². The third-order valence-electron chi connectivity index (χ3n) is 6.27. The third kappa shape index (κ3) is 7.17. The Morgan fingerprint density at radius 2 is 1.11 bits per heavy atom. The van der Waals surface area contributed by atoms with Crippen LogP contribution in [0.3, 0.4) is 0 Å². The Labute approximate surface area is 199 Å². The maximum atomic E-state index is 2.48. The van der Waals surface area contributed by atoms with E-state index in [1.54, 1.807) is 11.1 Å². The summed E-state index contributed by atoms with van der Waals surface area (Å²) in [6.07, 6.45) is 23.8. The topological polar surface area (TPSA) is 0 Å². The molecule has 4 atom stereocenters. The van der Waals surface area contributed by atoms with Crippen molar-refractivity contribution >= 4 is 0 Å². The van der Waals surface area contributed by atoms with Crippen molar-refractivity contribution in [3.63, 3.8) is 0 Å². The minimum atomic E-state index is 0. The molecule has 4 aliphatic rings. The van der Waals surface area contributed by atoms with E-state index in [1.165, 1.54) is 25.7 Å². The molecular weight excluding hydrogens is 450 g/mol. The molecule has 0 aromatic heterocycles. The van der Waals surface area contributed by atoms with Gasteiger partial charge in [-0.3, -0.25) is 0 Å². The second-order valence-electron chi connectivity index (χ2n) is 8.68. The summed E-state index contributed by atoms with van der Waals surface area (Å²) in [5, 5.41) is 0. The predicted molar refractivity (Wildman–Crippen MR) is 105 cm³/mol. The van der Waals surface area contributed by atoms with Crippen LogP contribution in [-0.4, -0.2) is 0 Å². The maximum absolute atomic E-state index is 2.48. The van der Waals surface area contributed by atoms with Gasteiger partial charge in [0, 0.05) is 0 Å². The van der Waals surface area contributed by atoms with Crippen molar-refractivity contribution in [1.29, 1.82) is 0 Å². The minimum absolute atomic E-state index is 0. The molecule has 4 aliphatic carbocycles. The SMILES string of the molecule is CC(C)C1[CH-]C2=CC=CCC2C1.CC(C)C1[CH-]C2=CC=CCC2C1.[Cl-].[Cl-].[Zr+4]. The van der Waals surface area contributed by atoms with Crippen LogP contribution < -0.4 is 24.8 Å². The average molecular weight is 485 g/mol. The van der Waals surface area contributed by atoms with Gasteiger partial charge in [0.1, 0.15) is 0 Å². The zero-order chi connectivity index (χ0) is 17.1. The van der Waals surface area contributed by atoms with Gasteiger partial charge >= 0.3 is 26.2 Å². The van der Waals surface area contributed by atoms with E-state index in [0.29, 0.717) is 0 Å². The number of halogens is 2. The molecule has 0 N–H and O–H groups in total. The molecule has 0 spiro atoms. The molecule has 0 radical (unpaired) electrons. The van der Waals surface area contributed by atoms with Crippen LogP contribution >= 0.6 is 0 Å². The molecule has 0 aromatic carbocycles. The summed E-state index contributed by atoms with van der Waals surface area (Å²) in [5.74, 6) is 5.00. The molecule has 0 aromatic rings. The van der Waals surface area contributed by atoms with E-state index in [9.17, 15) is 0 Å². The zero-order valence-electron chi connectivity index (χ0n) is 17.2. The first-order valence-electron chi connectivity index (χ1n) is 9.97. The van der Waals surface area contributed by atoms with Gasteiger partial charge in [0.05, 0.1) is 0 Å². The molecule has 0 nitrogen and oxygen atoms in total. The van der Waals surface area contributed by atoms with E-state index in [-0.39, 0.29) is 51.0 Å². The minimum Gasteiger partial charge on any atom is -1.00 e. The molecule has 2 saturated carbocycles. The second-order valence-corrected chi connectivity index (χ2v) is 8.68. The number of hydrogen-bond acceptors (Lipinski definition) is 0. The molecule has 3 heteroatoms. The molecule has 148 valence electrons. The van der Waals surface area contributed by atoms with Crippen molar-refractivity contribution in [3.8, 4) is 0 Å². The van der Waals surface area contributed by atoms with Crippen molar-refractivity contribution in [2.75, 3.05) is 0 Å². The van der Waals surface area contributed by atoms with Gasteiger partial charge in [0.25, 0.3) is 0 Å². The standard InChI is InChI=1S/2C12H17.2ClH.Zr/c2*1-9(2)12-7-10-5-3-4-6-11(10)8-12;;;/h2*3-5,7,9,11-12H,6,8H2,1-2H3;2*1H;/q2*-1;;;+4/p-2. The normalized spacial score (nSPS) is 29.4. The van der Waals surface area contributed by atoms with Crippen LogP contribution in [0.15, 0.2) is 47.6 Å². The Balaban J connectivity index is 0.000000451. The Hall–Kier alpha value is 0.163. The van der Waals surface area contributed by atoms with Gasteiger partial charge in [0.2, 0.25) is 0 Å². The van der Waals surface area contributed by atoms with Crippen LogP contribution in [0.2, 0.25) is 0 Å². The summed E-state index contributed by atoms with van der Waals surface area (Å²) in [7, 11) is 0. The Morgan fingerprint density at radius 3 is 1.41 bits per heavy atom. The van der Waals surface area contributed by atoms with E-state index in [0.717, 1.165) is 35.5 Å². The molecule has 0 aliphatic heterocycles. The zero-order valence-corrected chi connectivity index (χ0v) is 21.1. The van der Waals surface area contributed by atoms with Crippen molar-refractivity contribution in [2.45, 2.75) is 53.4 Å². The van der Waals surface area contributed by atoms with Gasteiger partial charge in [-0.2, -0.15) is 0 Å². The molecule has 0 amide bonds. The van der Waals surface area contributed by atoms with E-state index in [4.69, 9.17) is 0 Å². The van der Waals surface area contributed by atoms with E-state index in [1.807, 2.05) is 0 Å². The number of rotatable bonds is 2. The van der Waals surface area contributed by atoms with E-state index >= 15 is 0 Å². The fourth-order valence-corrected chi connectivity index (χ4v) is 4.45. The van der Waals surface area contributed by atoms with Gasteiger partial charge < -0.3 is 24.8 Å². The molecule has 0 bridgehead atoms. The van der Waals surface area contributed by atoms with Crippen LogP contribution in [0.1, 0.15) is 53.4 Å². The summed E-state index contributed by atoms with van der Waals surface area (Å²) in [5.41, 5.74) is 3.19. The van der Waals surface area contributed by atoms with Crippen molar-refractivity contribution in [3.05, 3.63) is 60.4 Å². The van der Waals surface area contributed by atoms with Crippen LogP contribution in [-0.2, 0) is 26.2 Å². The first kappa shape index (κ1) is 27.2. The van der Waals surface area contributed by atoms with Crippen molar-refractivity contribution in [2.24, 2.45) is 35.5 Å². The molecule has 0 saturated heterocycles. The molecule has 0 heterocycles. The van der Waals surface area contributed by atoms with Crippen molar-refractivity contribution in [1.82, 2.24) is 0 Å². The van der Waals surface area contributed by atoms with Gasteiger partial charge in [0.15, 0.2) is 0 Å². The molecule has 4 rings (SSSR count). The molecular formula is C24H34Cl2Zr. The fourth-order valence-electron chi connectivity index (χ4n) is 4.45. The first-order valence-corrected chi connectivity index (χ1v) is 9.97. The number of fused-ring (bicyclic) bond motifs is 2. The molecule has 2 fully saturated rings. The Morgan fingerprint density at radius 1 is 0.741 bits per heavy atom. The first-order chi connectivity index (χ1) is 11.5. The average Bonchev–Trinajstić information content (AvgIpc) is 3.19. The van der Waals surface area contributed by atoms with Gasteiger partial charge in [-0.15, -0.1) is 24.3 Å². The number of allylic oxidation sites excluding steroid dienone is 8. The quantitative estimate of drug-likeness (QED) is 0.508. The number of hydrogen-bond donors (Lipinski definition) is 0. The monoisotopic (exact) mass is 482 g/mol. The Kier molecular flexibility index (Phi) is 12.7. The van der Waals surface area contributed by atoms with Crippen LogP contribution in [0.5, 0.6) is 0 Å². The fraction of sp³-hybridized carbons (Fsp3) is 0.583. The molecule has 4 unspecified atom stereocenters. The summed E-state index contributed by atoms with van der Waals surface area (Å²) in [6, 6.07) is 0. The molecule has 27 heavy (non-hydrogen) atoms. The Bertz CT molecular complexity index is 507. The summed E-state index contributed by atoms with van der Waals surface area (Å²) < 4.78 is 0. The van der Waals surface area contributed by atoms with Crippen LogP contribution in [0.25, 0.3) is 0 Å². The second kappa shape index (κ2) is 12.7. The summed E-state index contributed by atoms with van der Waals surface area (Å²) >= 11 is 0. The van der Waals surface area contributed by atoms with E-state index < -0.39 is 0 Å². The van der Waals surface area contributed by atoms with E-state index in [2.05, 4.69) is 77.0 Å². The van der Waals surface area contributed by atoms with Gasteiger partial charge in [-0.25, -0.2) is 36.1 Å². The van der Waals surface area contributed by atoms with Gasteiger partial charge in [-0.1, -0.05) is 64.2 Å². The summed E-state index contributed by atoms with van der Waals surface area (Å²) in [6.45, 7) is 9.30. The van der Waals surface area contributed by atoms with Crippen LogP contribution in [0, 0.1) is 48.3 Å².